The number of amides is 1. The Hall–Kier alpha value is -2.71. The van der Waals surface area contributed by atoms with E-state index in [4.69, 9.17) is 0 Å². The van der Waals surface area contributed by atoms with Gasteiger partial charge in [-0.15, -0.1) is 13.2 Å². The molecule has 1 aliphatic heterocycles. The van der Waals surface area contributed by atoms with Crippen LogP contribution in [0.5, 0.6) is 5.75 Å². The smallest absolute Gasteiger partial charge is 0.406 e. The minimum absolute atomic E-state index is 0.0730. The van der Waals surface area contributed by atoms with Gasteiger partial charge < -0.3 is 14.5 Å². The van der Waals surface area contributed by atoms with Crippen LogP contribution in [0.25, 0.3) is 0 Å². The Kier molecular flexibility index (Phi) is 4.68. The first-order chi connectivity index (χ1) is 13.3. The minimum atomic E-state index is -4.70. The summed E-state index contributed by atoms with van der Waals surface area (Å²) < 4.78 is 42.4. The summed E-state index contributed by atoms with van der Waals surface area (Å²) in [5, 5.41) is 4.18. The number of ether oxygens (including phenoxy) is 1. The molecule has 150 valence electrons. The van der Waals surface area contributed by atoms with Crippen LogP contribution in [0.4, 0.5) is 18.9 Å². The molecule has 1 amide bonds. The van der Waals surface area contributed by atoms with Gasteiger partial charge in [0.15, 0.2) is 0 Å². The van der Waals surface area contributed by atoms with Gasteiger partial charge in [-0.05, 0) is 30.0 Å². The number of halogens is 3. The standard InChI is InChI=1S/C19H21F3N4O2/c1-24-12-14(11-23-24)25-6-8-26(9-7-25)18(27)17-10-16(17)13-2-4-15(5-3-13)28-19(20,21)22/h2-5,11-12,16-17H,6-10H2,1H3/t16-,17+/m0/s1. The number of nitrogens with zero attached hydrogens (tertiary/aromatic N) is 4. The number of anilines is 1. The highest BCUT2D eigenvalue weighted by atomic mass is 19.4. The molecule has 9 heteroatoms. The van der Waals surface area contributed by atoms with Crippen molar-refractivity contribution >= 4 is 11.6 Å². The average Bonchev–Trinajstić information content (AvgIpc) is 3.34. The number of hydrogen-bond donors (Lipinski definition) is 0. The van der Waals surface area contributed by atoms with E-state index in [-0.39, 0.29) is 23.5 Å². The van der Waals surface area contributed by atoms with Gasteiger partial charge in [0.2, 0.25) is 5.91 Å². The summed E-state index contributed by atoms with van der Waals surface area (Å²) >= 11 is 0. The van der Waals surface area contributed by atoms with E-state index in [2.05, 4.69) is 14.7 Å². The number of benzene rings is 1. The highest BCUT2D eigenvalue weighted by molar-refractivity contribution is 5.83. The van der Waals surface area contributed by atoms with Crippen molar-refractivity contribution in [3.63, 3.8) is 0 Å². The Balaban J connectivity index is 1.30. The van der Waals surface area contributed by atoms with Crippen LogP contribution in [0.15, 0.2) is 36.7 Å². The molecule has 6 nitrogen and oxygen atoms in total. The average molecular weight is 394 g/mol. The van der Waals surface area contributed by atoms with Crippen LogP contribution in [-0.4, -0.2) is 53.1 Å². The number of carbonyl (C=O) groups excluding carboxylic acids is 1. The summed E-state index contributed by atoms with van der Waals surface area (Å²) in [5.41, 5.74) is 1.93. The summed E-state index contributed by atoms with van der Waals surface area (Å²) in [7, 11) is 1.87. The summed E-state index contributed by atoms with van der Waals surface area (Å²) in [6.07, 6.45) is -0.181. The van der Waals surface area contributed by atoms with Crippen LogP contribution >= 0.6 is 0 Å². The van der Waals surface area contributed by atoms with Crippen LogP contribution in [0.2, 0.25) is 0 Å². The normalized spacial score (nSPS) is 22.3. The molecule has 2 aliphatic rings. The first-order valence-electron chi connectivity index (χ1n) is 9.18. The molecule has 0 spiro atoms. The summed E-state index contributed by atoms with van der Waals surface area (Å²) in [6.45, 7) is 2.85. The summed E-state index contributed by atoms with van der Waals surface area (Å²) in [4.78, 5) is 16.9. The van der Waals surface area contributed by atoms with Crippen molar-refractivity contribution in [1.82, 2.24) is 14.7 Å². The van der Waals surface area contributed by atoms with Crippen molar-refractivity contribution in [2.24, 2.45) is 13.0 Å². The highest BCUT2D eigenvalue weighted by Crippen LogP contribution is 2.49. The number of hydrogen-bond acceptors (Lipinski definition) is 4. The van der Waals surface area contributed by atoms with E-state index in [1.165, 1.54) is 12.1 Å². The van der Waals surface area contributed by atoms with Gasteiger partial charge in [-0.1, -0.05) is 12.1 Å². The molecule has 2 atom stereocenters. The molecule has 2 fully saturated rings. The molecule has 0 bridgehead atoms. The van der Waals surface area contributed by atoms with Gasteiger partial charge in [0.1, 0.15) is 5.75 Å². The molecule has 4 rings (SSSR count). The lowest BCUT2D eigenvalue weighted by atomic mass is 10.1. The third-order valence-corrected chi connectivity index (χ3v) is 5.30. The predicted molar refractivity (Wildman–Crippen MR) is 96.0 cm³/mol. The number of piperazine rings is 1. The van der Waals surface area contributed by atoms with E-state index in [0.29, 0.717) is 13.1 Å². The van der Waals surface area contributed by atoms with Gasteiger partial charge in [-0.25, -0.2) is 0 Å². The molecule has 2 heterocycles. The zero-order chi connectivity index (χ0) is 19.9. The lowest BCUT2D eigenvalue weighted by Gasteiger charge is -2.35. The van der Waals surface area contributed by atoms with E-state index in [1.54, 1.807) is 16.8 Å². The van der Waals surface area contributed by atoms with Gasteiger partial charge in [0.05, 0.1) is 11.9 Å². The number of aryl methyl sites for hydroxylation is 1. The van der Waals surface area contributed by atoms with Crippen molar-refractivity contribution in [3.8, 4) is 5.75 Å². The Bertz CT molecular complexity index is 842. The Labute approximate surface area is 160 Å². The zero-order valence-corrected chi connectivity index (χ0v) is 15.4. The highest BCUT2D eigenvalue weighted by Gasteiger charge is 2.46. The summed E-state index contributed by atoms with van der Waals surface area (Å²) in [5.74, 6) is -0.124. The number of carbonyl (C=O) groups is 1. The Morgan fingerprint density at radius 1 is 1.14 bits per heavy atom. The van der Waals surface area contributed by atoms with E-state index in [9.17, 15) is 18.0 Å². The van der Waals surface area contributed by atoms with Crippen molar-refractivity contribution in [1.29, 1.82) is 0 Å². The molecule has 28 heavy (non-hydrogen) atoms. The second-order valence-electron chi connectivity index (χ2n) is 7.25. The molecule has 0 unspecified atom stereocenters. The fourth-order valence-electron chi connectivity index (χ4n) is 3.74. The molecule has 1 saturated carbocycles. The van der Waals surface area contributed by atoms with Crippen LogP contribution in [-0.2, 0) is 11.8 Å². The molecule has 0 radical (unpaired) electrons. The molecule has 1 aromatic heterocycles. The van der Waals surface area contributed by atoms with Crippen LogP contribution in [0.1, 0.15) is 17.9 Å². The lowest BCUT2D eigenvalue weighted by molar-refractivity contribution is -0.274. The van der Waals surface area contributed by atoms with Crippen molar-refractivity contribution < 1.29 is 22.7 Å². The lowest BCUT2D eigenvalue weighted by Crippen LogP contribution is -2.49. The monoisotopic (exact) mass is 394 g/mol. The Morgan fingerprint density at radius 3 is 2.39 bits per heavy atom. The van der Waals surface area contributed by atoms with Crippen molar-refractivity contribution in [3.05, 3.63) is 42.2 Å². The fourth-order valence-corrected chi connectivity index (χ4v) is 3.74. The largest absolute Gasteiger partial charge is 0.573 e. The molecule has 1 aromatic carbocycles. The van der Waals surface area contributed by atoms with Gasteiger partial charge in [-0.3, -0.25) is 9.48 Å². The molecular weight excluding hydrogens is 373 g/mol. The number of alkyl halides is 3. The van der Waals surface area contributed by atoms with Gasteiger partial charge in [0.25, 0.3) is 0 Å². The number of aromatic nitrogens is 2. The second kappa shape index (κ2) is 7.03. The third-order valence-electron chi connectivity index (χ3n) is 5.30. The topological polar surface area (TPSA) is 50.6 Å². The quantitative estimate of drug-likeness (QED) is 0.800. The first-order valence-corrected chi connectivity index (χ1v) is 9.18. The van der Waals surface area contributed by atoms with Crippen LogP contribution < -0.4 is 9.64 Å². The van der Waals surface area contributed by atoms with E-state index in [0.717, 1.165) is 30.8 Å². The van der Waals surface area contributed by atoms with Crippen molar-refractivity contribution in [2.45, 2.75) is 18.7 Å². The van der Waals surface area contributed by atoms with E-state index < -0.39 is 6.36 Å². The van der Waals surface area contributed by atoms with Crippen LogP contribution in [0.3, 0.4) is 0 Å². The Morgan fingerprint density at radius 2 is 1.82 bits per heavy atom. The predicted octanol–water partition coefficient (Wildman–Crippen LogP) is 2.77. The maximum Gasteiger partial charge on any atom is 0.573 e. The zero-order valence-electron chi connectivity index (χ0n) is 15.4. The fraction of sp³-hybridized carbons (Fsp3) is 0.474. The van der Waals surface area contributed by atoms with Gasteiger partial charge >= 0.3 is 6.36 Å². The van der Waals surface area contributed by atoms with E-state index in [1.807, 2.05) is 24.3 Å². The van der Waals surface area contributed by atoms with Crippen LogP contribution in [0, 0.1) is 5.92 Å². The molecule has 1 aliphatic carbocycles. The van der Waals surface area contributed by atoms with Crippen molar-refractivity contribution in [2.75, 3.05) is 31.1 Å². The first kappa shape index (κ1) is 18.6. The third kappa shape index (κ3) is 4.07. The molecule has 2 aromatic rings. The second-order valence-corrected chi connectivity index (χ2v) is 7.25. The van der Waals surface area contributed by atoms with Gasteiger partial charge in [-0.2, -0.15) is 5.10 Å². The SMILES string of the molecule is Cn1cc(N2CCN(C(=O)[C@@H]3C[C@H]3c3ccc(OC(F)(F)F)cc3)CC2)cn1. The molecule has 1 saturated heterocycles. The molecular formula is C19H21F3N4O2. The van der Waals surface area contributed by atoms with E-state index >= 15 is 0 Å². The van der Waals surface area contributed by atoms with Gasteiger partial charge in [0, 0.05) is 45.3 Å². The maximum absolute atomic E-state index is 12.8. The molecule has 0 N–H and O–H groups in total. The number of rotatable bonds is 4. The minimum Gasteiger partial charge on any atom is -0.406 e. The summed E-state index contributed by atoms with van der Waals surface area (Å²) in [6, 6.07) is 5.82. The maximum atomic E-state index is 12.8.